The van der Waals surface area contributed by atoms with E-state index in [9.17, 15) is 9.59 Å². The van der Waals surface area contributed by atoms with Crippen molar-refractivity contribution in [2.24, 2.45) is 5.73 Å². The molecular formula is C13H12BrClN2O2. The number of nitrogens with one attached hydrogen (secondary N) is 1. The van der Waals surface area contributed by atoms with Crippen LogP contribution in [0.5, 0.6) is 0 Å². The van der Waals surface area contributed by atoms with Gasteiger partial charge in [0.25, 0.3) is 11.5 Å². The lowest BCUT2D eigenvalue weighted by molar-refractivity contribution is 0.0999. The van der Waals surface area contributed by atoms with E-state index in [-0.39, 0.29) is 5.56 Å². The average molecular weight is 344 g/mol. The fraction of sp³-hybridized carbons (Fsp3) is 0.0769. The van der Waals surface area contributed by atoms with E-state index in [0.29, 0.717) is 0 Å². The molecule has 0 unspecified atom stereocenters. The molecule has 1 heterocycles. The molecule has 0 aliphatic heterocycles. The van der Waals surface area contributed by atoms with Gasteiger partial charge in [-0.2, -0.15) is 0 Å². The molecule has 0 spiro atoms. The lowest BCUT2D eigenvalue weighted by Gasteiger charge is -1.95. The first-order chi connectivity index (χ1) is 9.06. The maximum atomic E-state index is 10.7. The van der Waals surface area contributed by atoms with Crippen LogP contribution in [0.15, 0.2) is 47.4 Å². The largest absolute Gasteiger partial charge is 0.365 e. The summed E-state index contributed by atoms with van der Waals surface area (Å²) in [7, 11) is 0. The standard InChI is InChI=1S/C7H6BrCl.C6H6N2O2/c8-5-6-3-1-2-4-7(6)9;7-5(9)4-2-1-3-8-6(4)10/h1-4H,5H2;1-3H,(H2,7,9)(H,8,10). The first-order valence-corrected chi connectivity index (χ1v) is 6.83. The SMILES string of the molecule is Clc1ccccc1CBr.NC(=O)c1ccc[nH]c1=O. The molecule has 3 N–H and O–H groups in total. The number of amides is 1. The van der Waals surface area contributed by atoms with Crippen LogP contribution < -0.4 is 11.3 Å². The van der Waals surface area contributed by atoms with Gasteiger partial charge in [-0.15, -0.1) is 0 Å². The molecule has 0 bridgehead atoms. The Bertz CT molecular complexity index is 613. The van der Waals surface area contributed by atoms with Crippen molar-refractivity contribution >= 4 is 33.4 Å². The number of pyridine rings is 1. The van der Waals surface area contributed by atoms with Gasteiger partial charge in [-0.25, -0.2) is 0 Å². The lowest BCUT2D eigenvalue weighted by Crippen LogP contribution is -2.22. The summed E-state index contributed by atoms with van der Waals surface area (Å²) in [5.41, 5.74) is 5.53. The van der Waals surface area contributed by atoms with Gasteiger partial charge in [0.05, 0.1) is 0 Å². The lowest BCUT2D eigenvalue weighted by atomic mass is 10.2. The summed E-state index contributed by atoms with van der Waals surface area (Å²) in [6.07, 6.45) is 1.44. The van der Waals surface area contributed by atoms with Crippen molar-refractivity contribution in [1.29, 1.82) is 0 Å². The van der Waals surface area contributed by atoms with Crippen LogP contribution in [0.4, 0.5) is 0 Å². The minimum absolute atomic E-state index is 0.0116. The van der Waals surface area contributed by atoms with Gasteiger partial charge in [0.15, 0.2) is 0 Å². The molecule has 0 aliphatic rings. The Labute approximate surface area is 123 Å². The van der Waals surface area contributed by atoms with E-state index in [4.69, 9.17) is 17.3 Å². The monoisotopic (exact) mass is 342 g/mol. The first kappa shape index (κ1) is 15.5. The number of carbonyl (C=O) groups excluding carboxylic acids is 1. The Morgan fingerprint density at radius 2 is 1.95 bits per heavy atom. The second-order valence-electron chi connectivity index (χ2n) is 3.50. The highest BCUT2D eigenvalue weighted by molar-refractivity contribution is 9.08. The number of nitrogens with two attached hydrogens (primary N) is 1. The van der Waals surface area contributed by atoms with Crippen molar-refractivity contribution in [2.75, 3.05) is 0 Å². The van der Waals surface area contributed by atoms with Crippen LogP contribution >= 0.6 is 27.5 Å². The van der Waals surface area contributed by atoms with Crippen molar-refractivity contribution in [3.63, 3.8) is 0 Å². The Kier molecular flexibility index (Phi) is 6.32. The van der Waals surface area contributed by atoms with E-state index in [2.05, 4.69) is 20.9 Å². The van der Waals surface area contributed by atoms with Crippen LogP contribution in [-0.2, 0) is 5.33 Å². The molecule has 4 nitrogen and oxygen atoms in total. The highest BCUT2D eigenvalue weighted by Gasteiger charge is 2.02. The Balaban J connectivity index is 0.000000191. The molecule has 0 saturated carbocycles. The molecule has 2 rings (SSSR count). The zero-order chi connectivity index (χ0) is 14.3. The molecule has 0 radical (unpaired) electrons. The maximum absolute atomic E-state index is 10.7. The van der Waals surface area contributed by atoms with Gasteiger partial charge in [0.1, 0.15) is 5.56 Å². The number of carbonyl (C=O) groups is 1. The molecule has 0 aliphatic carbocycles. The Morgan fingerprint density at radius 1 is 1.26 bits per heavy atom. The number of aromatic amines is 1. The van der Waals surface area contributed by atoms with E-state index in [0.717, 1.165) is 15.9 Å². The predicted octanol–water partition coefficient (Wildman–Crippen LogP) is 2.71. The van der Waals surface area contributed by atoms with Crippen molar-refractivity contribution in [1.82, 2.24) is 4.98 Å². The minimum Gasteiger partial charge on any atom is -0.365 e. The third kappa shape index (κ3) is 4.89. The molecule has 1 aromatic carbocycles. The predicted molar refractivity (Wildman–Crippen MR) is 79.7 cm³/mol. The van der Waals surface area contributed by atoms with E-state index in [1.165, 1.54) is 12.3 Å². The van der Waals surface area contributed by atoms with Crippen LogP contribution in [0.25, 0.3) is 0 Å². The van der Waals surface area contributed by atoms with E-state index < -0.39 is 11.5 Å². The summed E-state index contributed by atoms with van der Waals surface area (Å²) >= 11 is 9.12. The summed E-state index contributed by atoms with van der Waals surface area (Å²) in [6, 6.07) is 10.7. The number of hydrogen-bond acceptors (Lipinski definition) is 2. The maximum Gasteiger partial charge on any atom is 0.260 e. The van der Waals surface area contributed by atoms with Crippen molar-refractivity contribution in [3.05, 3.63) is 69.1 Å². The van der Waals surface area contributed by atoms with Gasteiger partial charge in [-0.1, -0.05) is 45.7 Å². The molecule has 0 saturated heterocycles. The van der Waals surface area contributed by atoms with Gasteiger partial charge < -0.3 is 10.7 Å². The van der Waals surface area contributed by atoms with Gasteiger partial charge in [-0.05, 0) is 23.8 Å². The van der Waals surface area contributed by atoms with E-state index in [1.807, 2.05) is 24.3 Å². The molecular weight excluding hydrogens is 332 g/mol. The summed E-state index contributed by atoms with van der Waals surface area (Å²) < 4.78 is 0. The summed E-state index contributed by atoms with van der Waals surface area (Å²) in [5, 5.41) is 1.65. The topological polar surface area (TPSA) is 76.0 Å². The minimum atomic E-state index is -0.707. The summed E-state index contributed by atoms with van der Waals surface area (Å²) in [5.74, 6) is -0.707. The Hall–Kier alpha value is -1.59. The normalized spacial score (nSPS) is 9.37. The fourth-order valence-corrected chi connectivity index (χ4v) is 2.08. The first-order valence-electron chi connectivity index (χ1n) is 5.33. The number of alkyl halides is 1. The van der Waals surface area contributed by atoms with E-state index in [1.54, 1.807) is 6.07 Å². The van der Waals surface area contributed by atoms with E-state index >= 15 is 0 Å². The highest BCUT2D eigenvalue weighted by Crippen LogP contribution is 2.16. The molecule has 1 aromatic heterocycles. The summed E-state index contributed by atoms with van der Waals surface area (Å²) in [4.78, 5) is 23.5. The van der Waals surface area contributed by atoms with Crippen LogP contribution in [-0.4, -0.2) is 10.9 Å². The van der Waals surface area contributed by atoms with Crippen LogP contribution in [0.3, 0.4) is 0 Å². The van der Waals surface area contributed by atoms with Gasteiger partial charge in [0, 0.05) is 16.5 Å². The molecule has 0 fully saturated rings. The average Bonchev–Trinajstić information content (AvgIpc) is 2.40. The number of halogens is 2. The van der Waals surface area contributed by atoms with Gasteiger partial charge in [-0.3, -0.25) is 9.59 Å². The molecule has 6 heteroatoms. The third-order valence-electron chi connectivity index (χ3n) is 2.19. The second kappa shape index (κ2) is 7.76. The third-order valence-corrected chi connectivity index (χ3v) is 3.16. The molecule has 1 amide bonds. The number of benzene rings is 1. The fourth-order valence-electron chi connectivity index (χ4n) is 1.22. The molecule has 100 valence electrons. The number of H-pyrrole nitrogens is 1. The molecule has 2 aromatic rings. The van der Waals surface area contributed by atoms with Crippen LogP contribution in [0, 0.1) is 0 Å². The number of rotatable bonds is 2. The van der Waals surface area contributed by atoms with Crippen molar-refractivity contribution < 1.29 is 4.79 Å². The molecule has 19 heavy (non-hydrogen) atoms. The van der Waals surface area contributed by atoms with Crippen molar-refractivity contribution in [3.8, 4) is 0 Å². The number of aromatic nitrogens is 1. The van der Waals surface area contributed by atoms with Gasteiger partial charge >= 0.3 is 0 Å². The summed E-state index contributed by atoms with van der Waals surface area (Å²) in [6.45, 7) is 0. The van der Waals surface area contributed by atoms with Crippen LogP contribution in [0.1, 0.15) is 15.9 Å². The van der Waals surface area contributed by atoms with Gasteiger partial charge in [0.2, 0.25) is 0 Å². The zero-order valence-electron chi connectivity index (χ0n) is 9.90. The quantitative estimate of drug-likeness (QED) is 0.823. The number of primary amides is 1. The molecule has 0 atom stereocenters. The smallest absolute Gasteiger partial charge is 0.260 e. The van der Waals surface area contributed by atoms with Crippen molar-refractivity contribution in [2.45, 2.75) is 5.33 Å². The van der Waals surface area contributed by atoms with Crippen LogP contribution in [0.2, 0.25) is 5.02 Å². The number of hydrogen-bond donors (Lipinski definition) is 2. The Morgan fingerprint density at radius 3 is 2.37 bits per heavy atom. The highest BCUT2D eigenvalue weighted by atomic mass is 79.9. The second-order valence-corrected chi connectivity index (χ2v) is 4.47. The zero-order valence-corrected chi connectivity index (χ0v) is 12.2.